The van der Waals surface area contributed by atoms with Crippen LogP contribution in [0.25, 0.3) is 0 Å². The van der Waals surface area contributed by atoms with E-state index < -0.39 is 24.5 Å². The molecule has 65 heavy (non-hydrogen) atoms. The van der Waals surface area contributed by atoms with Crippen LogP contribution in [-0.4, -0.2) is 59.3 Å². The standard InChI is InChI=1S/C56H104N2O7/c1-3-5-7-9-11-13-15-17-19-20-21-22-23-24-25-26-27-29-31-33-35-40-44-48-55(62)65-51(45-41-37-34-32-30-28-18-16-14-12-10-8-6-4-2)46-42-38-36-39-43-47-53(60)57-49-54(61)58-52(50-59)56(63)64/h15,17,20-21,51-52,59H,3-14,16,18-19,22-50H2,1-2H3,(H,57,60)(H,58,61)(H,63,64)/b17-15-,21-20-. The lowest BCUT2D eigenvalue weighted by Crippen LogP contribution is -2.47. The van der Waals surface area contributed by atoms with Gasteiger partial charge in [-0.25, -0.2) is 4.79 Å². The van der Waals surface area contributed by atoms with Crippen LogP contribution in [0, 0.1) is 0 Å². The number of aliphatic carboxylic acids is 1. The van der Waals surface area contributed by atoms with Gasteiger partial charge in [0.2, 0.25) is 11.8 Å². The van der Waals surface area contributed by atoms with Crippen molar-refractivity contribution >= 4 is 23.8 Å². The Morgan fingerprint density at radius 1 is 0.462 bits per heavy atom. The average Bonchev–Trinajstić information content (AvgIpc) is 3.29. The lowest BCUT2D eigenvalue weighted by atomic mass is 10.0. The van der Waals surface area contributed by atoms with Crippen molar-refractivity contribution < 1.29 is 34.1 Å². The first kappa shape index (κ1) is 62.3. The van der Waals surface area contributed by atoms with Crippen molar-refractivity contribution in [3.05, 3.63) is 24.3 Å². The van der Waals surface area contributed by atoms with Crippen molar-refractivity contribution in [1.29, 1.82) is 0 Å². The van der Waals surface area contributed by atoms with E-state index in [1.165, 1.54) is 186 Å². The summed E-state index contributed by atoms with van der Waals surface area (Å²) in [6.45, 7) is 3.51. The quantitative estimate of drug-likeness (QED) is 0.0270. The molecule has 0 rings (SSSR count). The highest BCUT2D eigenvalue weighted by molar-refractivity contribution is 5.87. The number of unbranched alkanes of at least 4 members (excludes halogenated alkanes) is 33. The summed E-state index contributed by atoms with van der Waals surface area (Å²) in [4.78, 5) is 47.9. The molecule has 2 unspecified atom stereocenters. The Morgan fingerprint density at radius 3 is 1.23 bits per heavy atom. The molecule has 0 bridgehead atoms. The van der Waals surface area contributed by atoms with Gasteiger partial charge in [0.1, 0.15) is 12.1 Å². The van der Waals surface area contributed by atoms with Gasteiger partial charge in [0, 0.05) is 12.8 Å². The van der Waals surface area contributed by atoms with Crippen molar-refractivity contribution in [2.45, 2.75) is 296 Å². The molecule has 0 spiro atoms. The Bertz CT molecular complexity index is 1140. The lowest BCUT2D eigenvalue weighted by molar-refractivity contribution is -0.150. The van der Waals surface area contributed by atoms with Crippen LogP contribution in [0.3, 0.4) is 0 Å². The van der Waals surface area contributed by atoms with E-state index in [1.807, 2.05) is 0 Å². The summed E-state index contributed by atoms with van der Waals surface area (Å²) in [5.74, 6) is -2.27. The summed E-state index contributed by atoms with van der Waals surface area (Å²) in [6, 6.07) is -1.38. The fourth-order valence-corrected chi connectivity index (χ4v) is 8.45. The molecule has 2 atom stereocenters. The molecule has 0 aliphatic carbocycles. The van der Waals surface area contributed by atoms with Gasteiger partial charge in [-0.3, -0.25) is 14.4 Å². The molecule has 9 nitrogen and oxygen atoms in total. The highest BCUT2D eigenvalue weighted by Gasteiger charge is 2.19. The third-order valence-corrected chi connectivity index (χ3v) is 12.7. The fourth-order valence-electron chi connectivity index (χ4n) is 8.45. The lowest BCUT2D eigenvalue weighted by Gasteiger charge is -2.18. The number of aliphatic hydroxyl groups is 1. The van der Waals surface area contributed by atoms with Crippen LogP contribution in [0.2, 0.25) is 0 Å². The molecule has 0 aliphatic heterocycles. The van der Waals surface area contributed by atoms with Crippen molar-refractivity contribution in [3.63, 3.8) is 0 Å². The number of aliphatic hydroxyl groups excluding tert-OH is 1. The first-order valence-corrected chi connectivity index (χ1v) is 27.7. The summed E-state index contributed by atoms with van der Waals surface area (Å²) in [7, 11) is 0. The second-order valence-electron chi connectivity index (χ2n) is 19.0. The van der Waals surface area contributed by atoms with E-state index in [0.717, 1.165) is 64.2 Å². The Morgan fingerprint density at radius 2 is 0.831 bits per heavy atom. The van der Waals surface area contributed by atoms with Crippen LogP contribution in [-0.2, 0) is 23.9 Å². The summed E-state index contributed by atoms with van der Waals surface area (Å²) in [5, 5.41) is 22.7. The fraction of sp³-hybridized carbons (Fsp3) is 0.857. The molecule has 0 saturated carbocycles. The van der Waals surface area contributed by atoms with Gasteiger partial charge in [-0.1, -0.05) is 224 Å². The number of carbonyl (C=O) groups excluding carboxylic acids is 3. The molecule has 2 amide bonds. The Balaban J connectivity index is 4.21. The van der Waals surface area contributed by atoms with E-state index in [1.54, 1.807) is 0 Å². The van der Waals surface area contributed by atoms with Gasteiger partial charge in [-0.2, -0.15) is 0 Å². The van der Waals surface area contributed by atoms with Gasteiger partial charge in [0.25, 0.3) is 0 Å². The Hall–Kier alpha value is -2.68. The molecule has 0 radical (unpaired) electrons. The number of amides is 2. The molecular formula is C56H104N2O7. The molecule has 0 aromatic rings. The number of carboxylic acid groups (broad SMARTS) is 1. The number of carboxylic acids is 1. The van der Waals surface area contributed by atoms with Gasteiger partial charge in [-0.05, 0) is 70.6 Å². The zero-order valence-corrected chi connectivity index (χ0v) is 42.5. The minimum atomic E-state index is -1.38. The number of rotatable bonds is 51. The number of nitrogens with one attached hydrogen (secondary N) is 2. The number of esters is 1. The summed E-state index contributed by atoms with van der Waals surface area (Å²) < 4.78 is 6.09. The van der Waals surface area contributed by atoms with E-state index in [0.29, 0.717) is 19.3 Å². The number of ether oxygens (including phenoxy) is 1. The van der Waals surface area contributed by atoms with Crippen LogP contribution in [0.15, 0.2) is 24.3 Å². The number of allylic oxidation sites excluding steroid dienone is 4. The Labute approximate surface area is 400 Å². The first-order valence-electron chi connectivity index (χ1n) is 27.7. The molecule has 9 heteroatoms. The average molecular weight is 917 g/mol. The maximum atomic E-state index is 12.9. The molecule has 4 N–H and O–H groups in total. The molecule has 0 aromatic heterocycles. The van der Waals surface area contributed by atoms with Crippen LogP contribution >= 0.6 is 0 Å². The number of hydrogen-bond acceptors (Lipinski definition) is 6. The van der Waals surface area contributed by atoms with Crippen LogP contribution in [0.1, 0.15) is 284 Å². The second kappa shape index (κ2) is 50.7. The van der Waals surface area contributed by atoms with Crippen molar-refractivity contribution in [2.75, 3.05) is 13.2 Å². The first-order chi connectivity index (χ1) is 31.8. The molecule has 380 valence electrons. The van der Waals surface area contributed by atoms with Crippen LogP contribution in [0.4, 0.5) is 0 Å². The molecule has 0 aliphatic rings. The van der Waals surface area contributed by atoms with Gasteiger partial charge in [0.15, 0.2) is 0 Å². The second-order valence-corrected chi connectivity index (χ2v) is 19.0. The predicted molar refractivity (Wildman–Crippen MR) is 273 cm³/mol. The third kappa shape index (κ3) is 47.6. The van der Waals surface area contributed by atoms with E-state index in [9.17, 15) is 19.2 Å². The number of hydrogen-bond donors (Lipinski definition) is 4. The predicted octanol–water partition coefficient (Wildman–Crippen LogP) is 15.1. The number of carbonyl (C=O) groups is 4. The van der Waals surface area contributed by atoms with Gasteiger partial charge in [0.05, 0.1) is 13.2 Å². The van der Waals surface area contributed by atoms with Crippen molar-refractivity contribution in [3.8, 4) is 0 Å². The van der Waals surface area contributed by atoms with E-state index in [2.05, 4.69) is 48.8 Å². The maximum absolute atomic E-state index is 12.9. The largest absolute Gasteiger partial charge is 0.480 e. The third-order valence-electron chi connectivity index (χ3n) is 12.7. The van der Waals surface area contributed by atoms with Gasteiger partial charge in [-0.15, -0.1) is 0 Å². The van der Waals surface area contributed by atoms with Crippen molar-refractivity contribution in [2.24, 2.45) is 0 Å². The monoisotopic (exact) mass is 917 g/mol. The molecule has 0 saturated heterocycles. The maximum Gasteiger partial charge on any atom is 0.328 e. The summed E-state index contributed by atoms with van der Waals surface area (Å²) in [5.41, 5.74) is 0. The molecule has 0 fully saturated rings. The zero-order valence-electron chi connectivity index (χ0n) is 42.5. The zero-order chi connectivity index (χ0) is 47.5. The van der Waals surface area contributed by atoms with Gasteiger partial charge >= 0.3 is 11.9 Å². The van der Waals surface area contributed by atoms with E-state index in [-0.39, 0.29) is 24.5 Å². The van der Waals surface area contributed by atoms with Crippen molar-refractivity contribution in [1.82, 2.24) is 10.6 Å². The van der Waals surface area contributed by atoms with Crippen LogP contribution in [0.5, 0.6) is 0 Å². The van der Waals surface area contributed by atoms with E-state index >= 15 is 0 Å². The van der Waals surface area contributed by atoms with Crippen LogP contribution < -0.4 is 10.6 Å². The molecular weight excluding hydrogens is 813 g/mol. The normalized spacial score (nSPS) is 12.5. The highest BCUT2D eigenvalue weighted by atomic mass is 16.5. The van der Waals surface area contributed by atoms with E-state index in [4.69, 9.17) is 14.9 Å². The summed E-state index contributed by atoms with van der Waals surface area (Å²) >= 11 is 0. The topological polar surface area (TPSA) is 142 Å². The highest BCUT2D eigenvalue weighted by Crippen LogP contribution is 2.20. The SMILES string of the molecule is CCCCCCC/C=C\C/C=C\CCCCCCCCCCCCCC(=O)OC(CCCCCCCCCCCCCCCC)CCCCCCCC(=O)NCC(=O)NC(CO)C(=O)O. The summed E-state index contributed by atoms with van der Waals surface area (Å²) in [6.07, 6.45) is 59.4. The smallest absolute Gasteiger partial charge is 0.328 e. The Kier molecular flexibility index (Phi) is 48.6. The van der Waals surface area contributed by atoms with Gasteiger partial charge < -0.3 is 25.6 Å². The minimum absolute atomic E-state index is 0.0123. The minimum Gasteiger partial charge on any atom is -0.480 e. The molecule has 0 aromatic carbocycles. The molecule has 0 heterocycles.